The van der Waals surface area contributed by atoms with Crippen LogP contribution in [0.25, 0.3) is 0 Å². The quantitative estimate of drug-likeness (QED) is 0.818. The van der Waals surface area contributed by atoms with Gasteiger partial charge in [-0.1, -0.05) is 12.8 Å². The molecule has 1 aromatic rings. The fraction of sp³-hybridized carbons (Fsp3) is 0.533. The molecule has 0 saturated heterocycles. The molecule has 4 heteroatoms. The van der Waals surface area contributed by atoms with Crippen LogP contribution < -0.4 is 10.6 Å². The number of hydrogen-bond donors (Lipinski definition) is 2. The number of carbonyl (C=O) groups excluding carboxylic acids is 1. The average Bonchev–Trinajstić information content (AvgIpc) is 3.16. The van der Waals surface area contributed by atoms with E-state index in [0.717, 1.165) is 17.3 Å². The van der Waals surface area contributed by atoms with Gasteiger partial charge in [0.2, 0.25) is 0 Å². The molecule has 1 atom stereocenters. The van der Waals surface area contributed by atoms with Crippen LogP contribution in [-0.2, 0) is 4.74 Å². The molecule has 0 radical (unpaired) electrons. The van der Waals surface area contributed by atoms with Gasteiger partial charge in [-0.05, 0) is 50.5 Å². The normalized spacial score (nSPS) is 15.7. The molecular weight excluding hydrogens is 240 g/mol. The molecule has 0 spiro atoms. The van der Waals surface area contributed by atoms with Gasteiger partial charge in [-0.25, -0.2) is 4.79 Å². The fourth-order valence-corrected chi connectivity index (χ4v) is 2.13. The fourth-order valence-electron chi connectivity index (χ4n) is 2.13. The van der Waals surface area contributed by atoms with Gasteiger partial charge in [0, 0.05) is 17.4 Å². The number of nitrogens with one attached hydrogen (secondary N) is 2. The molecule has 1 aliphatic rings. The highest BCUT2D eigenvalue weighted by Gasteiger charge is 2.23. The van der Waals surface area contributed by atoms with E-state index in [1.165, 1.54) is 19.3 Å². The van der Waals surface area contributed by atoms with Crippen molar-refractivity contribution in [2.75, 3.05) is 17.2 Å². The monoisotopic (exact) mass is 262 g/mol. The first-order valence-electron chi connectivity index (χ1n) is 6.97. The van der Waals surface area contributed by atoms with Crippen LogP contribution in [0.1, 0.15) is 33.1 Å². The van der Waals surface area contributed by atoms with E-state index in [1.807, 2.05) is 24.3 Å². The molecule has 0 aliphatic heterocycles. The summed E-state index contributed by atoms with van der Waals surface area (Å²) in [5.41, 5.74) is 1.83. The maximum Gasteiger partial charge on any atom is 0.411 e. The summed E-state index contributed by atoms with van der Waals surface area (Å²) in [5, 5.41) is 6.15. The molecule has 0 heterocycles. The lowest BCUT2D eigenvalue weighted by Gasteiger charge is -2.15. The maximum atomic E-state index is 11.3. The summed E-state index contributed by atoms with van der Waals surface area (Å²) in [6.07, 6.45) is 3.59. The van der Waals surface area contributed by atoms with Gasteiger partial charge in [-0.15, -0.1) is 0 Å². The van der Waals surface area contributed by atoms with Crippen molar-refractivity contribution in [1.29, 1.82) is 0 Å². The van der Waals surface area contributed by atoms with Gasteiger partial charge in [0.05, 0.1) is 6.61 Å². The highest BCUT2D eigenvalue weighted by atomic mass is 16.5. The Bertz CT molecular complexity index is 413. The highest BCUT2D eigenvalue weighted by Crippen LogP contribution is 2.34. The smallest absolute Gasteiger partial charge is 0.411 e. The third-order valence-corrected chi connectivity index (χ3v) is 3.20. The zero-order valence-electron chi connectivity index (χ0n) is 11.6. The molecule has 19 heavy (non-hydrogen) atoms. The number of ether oxygens (including phenoxy) is 1. The second-order valence-corrected chi connectivity index (χ2v) is 5.15. The Balaban J connectivity index is 1.81. The lowest BCUT2D eigenvalue weighted by atomic mass is 10.1. The SMILES string of the molecule is CCOC(=O)Nc1ccc(NC(C)CC2CC2)cc1. The minimum atomic E-state index is -0.412. The molecule has 104 valence electrons. The van der Waals surface area contributed by atoms with Crippen molar-refractivity contribution in [2.45, 2.75) is 39.2 Å². The van der Waals surface area contributed by atoms with Gasteiger partial charge in [-0.3, -0.25) is 5.32 Å². The Kier molecular flexibility index (Phi) is 4.66. The summed E-state index contributed by atoms with van der Waals surface area (Å²) >= 11 is 0. The van der Waals surface area contributed by atoms with Crippen molar-refractivity contribution in [2.24, 2.45) is 5.92 Å². The van der Waals surface area contributed by atoms with E-state index in [0.29, 0.717) is 12.6 Å². The number of benzene rings is 1. The van der Waals surface area contributed by atoms with Gasteiger partial charge >= 0.3 is 6.09 Å². The van der Waals surface area contributed by atoms with Crippen molar-refractivity contribution in [3.63, 3.8) is 0 Å². The second-order valence-electron chi connectivity index (χ2n) is 5.15. The predicted octanol–water partition coefficient (Wildman–Crippen LogP) is 3.86. The minimum Gasteiger partial charge on any atom is -0.450 e. The molecule has 1 amide bonds. The number of amides is 1. The van der Waals surface area contributed by atoms with E-state index in [4.69, 9.17) is 4.74 Å². The van der Waals surface area contributed by atoms with E-state index in [1.54, 1.807) is 6.92 Å². The molecule has 1 saturated carbocycles. The van der Waals surface area contributed by atoms with E-state index >= 15 is 0 Å². The molecule has 2 rings (SSSR count). The molecule has 1 aliphatic carbocycles. The van der Waals surface area contributed by atoms with Crippen LogP contribution in [0.15, 0.2) is 24.3 Å². The minimum absolute atomic E-state index is 0.379. The third kappa shape index (κ3) is 4.81. The van der Waals surface area contributed by atoms with Crippen LogP contribution in [0.2, 0.25) is 0 Å². The van der Waals surface area contributed by atoms with Crippen LogP contribution in [0.3, 0.4) is 0 Å². The van der Waals surface area contributed by atoms with E-state index < -0.39 is 6.09 Å². The van der Waals surface area contributed by atoms with Crippen molar-refractivity contribution in [1.82, 2.24) is 0 Å². The van der Waals surface area contributed by atoms with Crippen LogP contribution in [0, 0.1) is 5.92 Å². The summed E-state index contributed by atoms with van der Waals surface area (Å²) in [7, 11) is 0. The Hall–Kier alpha value is -1.71. The molecule has 1 unspecified atom stereocenters. The summed E-state index contributed by atoms with van der Waals surface area (Å²) in [4.78, 5) is 11.3. The first-order chi connectivity index (χ1) is 9.17. The summed E-state index contributed by atoms with van der Waals surface area (Å²) in [6, 6.07) is 8.21. The molecule has 0 bridgehead atoms. The molecule has 0 aromatic heterocycles. The predicted molar refractivity (Wildman–Crippen MR) is 77.5 cm³/mol. The van der Waals surface area contributed by atoms with Crippen LogP contribution in [0.4, 0.5) is 16.2 Å². The zero-order chi connectivity index (χ0) is 13.7. The Morgan fingerprint density at radius 3 is 2.53 bits per heavy atom. The summed E-state index contributed by atoms with van der Waals surface area (Å²) in [6.45, 7) is 4.38. The standard InChI is InChI=1S/C15H22N2O2/c1-3-19-15(18)17-14-8-6-13(7-9-14)16-11(2)10-12-4-5-12/h6-9,11-12,16H,3-5,10H2,1-2H3,(H,17,18). The van der Waals surface area contributed by atoms with E-state index in [9.17, 15) is 4.79 Å². The number of rotatable bonds is 6. The van der Waals surface area contributed by atoms with Crippen molar-refractivity contribution < 1.29 is 9.53 Å². The Morgan fingerprint density at radius 1 is 1.32 bits per heavy atom. The number of anilines is 2. The van der Waals surface area contributed by atoms with Gasteiger partial charge < -0.3 is 10.1 Å². The molecule has 1 aromatic carbocycles. The topological polar surface area (TPSA) is 50.4 Å². The van der Waals surface area contributed by atoms with E-state index in [2.05, 4.69) is 17.6 Å². The third-order valence-electron chi connectivity index (χ3n) is 3.20. The molecular formula is C15H22N2O2. The van der Waals surface area contributed by atoms with Gasteiger partial charge in [-0.2, -0.15) is 0 Å². The molecule has 2 N–H and O–H groups in total. The van der Waals surface area contributed by atoms with Crippen molar-refractivity contribution in [3.05, 3.63) is 24.3 Å². The average molecular weight is 262 g/mol. The summed E-state index contributed by atoms with van der Waals surface area (Å²) in [5.74, 6) is 0.923. The maximum absolute atomic E-state index is 11.3. The van der Waals surface area contributed by atoms with Gasteiger partial charge in [0.1, 0.15) is 0 Å². The molecule has 1 fully saturated rings. The first-order valence-corrected chi connectivity index (χ1v) is 6.97. The number of carbonyl (C=O) groups is 1. The molecule has 4 nitrogen and oxygen atoms in total. The van der Waals surface area contributed by atoms with Crippen LogP contribution >= 0.6 is 0 Å². The lowest BCUT2D eigenvalue weighted by molar-refractivity contribution is 0.168. The largest absolute Gasteiger partial charge is 0.450 e. The van der Waals surface area contributed by atoms with Gasteiger partial charge in [0.15, 0.2) is 0 Å². The zero-order valence-corrected chi connectivity index (χ0v) is 11.6. The van der Waals surface area contributed by atoms with Crippen molar-refractivity contribution >= 4 is 17.5 Å². The summed E-state index contributed by atoms with van der Waals surface area (Å²) < 4.78 is 4.83. The van der Waals surface area contributed by atoms with Crippen molar-refractivity contribution in [3.8, 4) is 0 Å². The Labute approximate surface area is 114 Å². The van der Waals surface area contributed by atoms with Gasteiger partial charge in [0.25, 0.3) is 0 Å². The Morgan fingerprint density at radius 2 is 1.95 bits per heavy atom. The second kappa shape index (κ2) is 6.45. The first kappa shape index (κ1) is 13.7. The van der Waals surface area contributed by atoms with E-state index in [-0.39, 0.29) is 0 Å². The van der Waals surface area contributed by atoms with Crippen LogP contribution in [-0.4, -0.2) is 18.7 Å². The highest BCUT2D eigenvalue weighted by molar-refractivity contribution is 5.84. The number of hydrogen-bond acceptors (Lipinski definition) is 3. The lowest BCUT2D eigenvalue weighted by Crippen LogP contribution is -2.16. The van der Waals surface area contributed by atoms with Crippen LogP contribution in [0.5, 0.6) is 0 Å².